The summed E-state index contributed by atoms with van der Waals surface area (Å²) in [4.78, 5) is 4.96. The number of halogens is 2. The molecule has 0 aliphatic carbocycles. The lowest BCUT2D eigenvalue weighted by Crippen LogP contribution is -3.00. The smallest absolute Gasteiger partial charge is 0.0914 e. The predicted octanol–water partition coefficient (Wildman–Crippen LogP) is -3.10. The molecule has 0 aromatic heterocycles. The van der Waals surface area contributed by atoms with Gasteiger partial charge in [-0.25, -0.2) is 0 Å². The molecule has 0 amide bonds. The maximum atomic E-state index is 2.48. The third-order valence-corrected chi connectivity index (χ3v) is 7.23. The van der Waals surface area contributed by atoms with E-state index in [-0.39, 0.29) is 34.0 Å². The van der Waals surface area contributed by atoms with Gasteiger partial charge in [-0.2, -0.15) is 0 Å². The zero-order valence-corrected chi connectivity index (χ0v) is 22.4. The summed E-state index contributed by atoms with van der Waals surface area (Å²) in [6.45, 7) is 13.3. The number of rotatable bonds is 11. The first kappa shape index (κ1) is 28.8. The van der Waals surface area contributed by atoms with E-state index in [9.17, 15) is 0 Å². The van der Waals surface area contributed by atoms with Crippen molar-refractivity contribution in [1.29, 1.82) is 0 Å². The van der Waals surface area contributed by atoms with E-state index in [1.807, 2.05) is 0 Å². The van der Waals surface area contributed by atoms with E-state index in [1.165, 1.54) is 126 Å². The van der Waals surface area contributed by atoms with Gasteiger partial charge in [-0.05, 0) is 39.8 Å². The number of hydrogen-bond donors (Lipinski definition) is 0. The van der Waals surface area contributed by atoms with Gasteiger partial charge in [-0.1, -0.05) is 25.7 Å². The molecule has 170 valence electrons. The highest BCUT2D eigenvalue weighted by molar-refractivity contribution is 4.60. The summed E-state index contributed by atoms with van der Waals surface area (Å²) in [5, 5.41) is 0. The van der Waals surface area contributed by atoms with Gasteiger partial charge in [0.05, 0.1) is 53.4 Å². The molecule has 2 fully saturated rings. The highest BCUT2D eigenvalue weighted by Gasteiger charge is 2.27. The van der Waals surface area contributed by atoms with Crippen LogP contribution in [0.25, 0.3) is 0 Å². The van der Waals surface area contributed by atoms with Crippen LogP contribution in [0.2, 0.25) is 0 Å². The molecule has 2 rings (SSSR count). The van der Waals surface area contributed by atoms with Gasteiger partial charge in [0.25, 0.3) is 0 Å². The third kappa shape index (κ3) is 11.3. The average molecular weight is 528 g/mol. The molecule has 0 saturated carbocycles. The predicted molar refractivity (Wildman–Crippen MR) is 114 cm³/mol. The Balaban J connectivity index is 0.00000364. The van der Waals surface area contributed by atoms with Gasteiger partial charge in [-0.15, -0.1) is 0 Å². The van der Waals surface area contributed by atoms with Gasteiger partial charge in [-0.3, -0.25) is 9.80 Å². The highest BCUT2D eigenvalue weighted by Crippen LogP contribution is 2.15. The number of hydrogen-bond acceptors (Lipinski definition) is 2. The van der Waals surface area contributed by atoms with E-state index >= 15 is 0 Å². The monoisotopic (exact) mass is 526 g/mol. The third-order valence-electron chi connectivity index (χ3n) is 7.23. The van der Waals surface area contributed by atoms with Gasteiger partial charge >= 0.3 is 0 Å². The van der Waals surface area contributed by atoms with E-state index < -0.39 is 0 Å². The van der Waals surface area contributed by atoms with Gasteiger partial charge in [0, 0.05) is 26.2 Å². The van der Waals surface area contributed by atoms with Crippen molar-refractivity contribution >= 4 is 0 Å². The summed E-state index contributed by atoms with van der Waals surface area (Å²) in [5.74, 6) is 0. The van der Waals surface area contributed by atoms with Crippen LogP contribution in [0.15, 0.2) is 0 Å². The summed E-state index contributed by atoms with van der Waals surface area (Å²) in [7, 11) is 9.46. The molecule has 0 bridgehead atoms. The van der Waals surface area contributed by atoms with Crippen LogP contribution in [0.1, 0.15) is 51.4 Å². The van der Waals surface area contributed by atoms with E-state index in [0.717, 1.165) is 0 Å². The van der Waals surface area contributed by atoms with Crippen LogP contribution in [0.4, 0.5) is 0 Å². The van der Waals surface area contributed by atoms with Crippen LogP contribution < -0.4 is 34.0 Å². The normalized spacial score (nSPS) is 22.3. The minimum absolute atomic E-state index is 0. The molecule has 0 N–H and O–H groups in total. The van der Waals surface area contributed by atoms with E-state index in [4.69, 9.17) is 0 Å². The first-order valence-corrected chi connectivity index (χ1v) is 11.5. The van der Waals surface area contributed by atoms with Crippen LogP contribution in [-0.2, 0) is 0 Å². The van der Waals surface area contributed by atoms with E-state index in [0.29, 0.717) is 0 Å². The summed E-state index contributed by atoms with van der Waals surface area (Å²) in [5.41, 5.74) is 0. The zero-order chi connectivity index (χ0) is 18.9. The summed E-state index contributed by atoms with van der Waals surface area (Å²) < 4.78 is 2.63. The van der Waals surface area contributed by atoms with Crippen molar-refractivity contribution < 1.29 is 42.9 Å². The Bertz CT molecular complexity index is 343. The molecule has 2 aliphatic rings. The molecule has 6 heteroatoms. The fourth-order valence-corrected chi connectivity index (χ4v) is 4.59. The molecule has 2 heterocycles. The Morgan fingerprint density at radius 1 is 0.500 bits per heavy atom. The SMILES string of the molecule is CN1CC[N+](C)(CCCCCCCCCC[N+]2(C)CCN(C)CC2)CC1.[Br-].[Br-]. The maximum absolute atomic E-state index is 2.48. The Morgan fingerprint density at radius 3 is 1.04 bits per heavy atom. The average Bonchev–Trinajstić information content (AvgIpc) is 2.62. The molecule has 0 atom stereocenters. The number of likely N-dealkylation sites (N-methyl/N-ethyl adjacent to an activating group) is 4. The molecule has 0 spiro atoms. The Labute approximate surface area is 197 Å². The van der Waals surface area contributed by atoms with Crippen molar-refractivity contribution in [1.82, 2.24) is 9.80 Å². The molecule has 4 nitrogen and oxygen atoms in total. The minimum Gasteiger partial charge on any atom is -1.00 e. The summed E-state index contributed by atoms with van der Waals surface area (Å²) in [6, 6.07) is 0. The molecule has 0 unspecified atom stereocenters. The first-order valence-electron chi connectivity index (χ1n) is 11.5. The molecular weight excluding hydrogens is 480 g/mol. The minimum atomic E-state index is 0. The Morgan fingerprint density at radius 2 is 0.750 bits per heavy atom. The van der Waals surface area contributed by atoms with Gasteiger partial charge < -0.3 is 42.9 Å². The quantitative estimate of drug-likeness (QED) is 0.207. The fourth-order valence-electron chi connectivity index (χ4n) is 4.59. The molecule has 28 heavy (non-hydrogen) atoms. The molecule has 0 aromatic carbocycles. The number of piperazine rings is 2. The molecule has 0 aromatic rings. The highest BCUT2D eigenvalue weighted by atomic mass is 79.9. The topological polar surface area (TPSA) is 6.48 Å². The molecule has 2 saturated heterocycles. The van der Waals surface area contributed by atoms with Crippen molar-refractivity contribution in [3.8, 4) is 0 Å². The Hall–Kier alpha value is 0.800. The van der Waals surface area contributed by atoms with E-state index in [1.54, 1.807) is 0 Å². The lowest BCUT2D eigenvalue weighted by atomic mass is 10.1. The molecule has 0 radical (unpaired) electrons. The molecule has 2 aliphatic heterocycles. The zero-order valence-electron chi connectivity index (χ0n) is 19.3. The van der Waals surface area contributed by atoms with Crippen LogP contribution in [0.5, 0.6) is 0 Å². The van der Waals surface area contributed by atoms with Crippen molar-refractivity contribution in [3.05, 3.63) is 0 Å². The van der Waals surface area contributed by atoms with Crippen molar-refractivity contribution in [2.75, 3.05) is 93.6 Å². The van der Waals surface area contributed by atoms with Crippen molar-refractivity contribution in [2.45, 2.75) is 51.4 Å². The summed E-state index contributed by atoms with van der Waals surface area (Å²) in [6.07, 6.45) is 11.6. The maximum Gasteiger partial charge on any atom is 0.0914 e. The lowest BCUT2D eigenvalue weighted by molar-refractivity contribution is -0.913. The van der Waals surface area contributed by atoms with Crippen LogP contribution in [-0.4, -0.2) is 112 Å². The van der Waals surface area contributed by atoms with Crippen LogP contribution in [0.3, 0.4) is 0 Å². The fraction of sp³-hybridized carbons (Fsp3) is 1.00. The number of quaternary nitrogens is 2. The molecular formula is C22H48Br2N4. The second-order valence-corrected chi connectivity index (χ2v) is 10.0. The van der Waals surface area contributed by atoms with Gasteiger partial charge in [0.2, 0.25) is 0 Å². The van der Waals surface area contributed by atoms with Crippen molar-refractivity contribution in [2.24, 2.45) is 0 Å². The lowest BCUT2D eigenvalue weighted by Gasteiger charge is -2.41. The standard InChI is InChI=1S/C22H48N4.2BrH/c1-23-13-19-25(3,20-14-23)17-11-9-7-5-6-8-10-12-18-26(4)21-15-24(2)16-22-26;;/h5-22H2,1-4H3;2*1H/q+2;;/p-2. The second-order valence-electron chi connectivity index (χ2n) is 10.0. The van der Waals surface area contributed by atoms with Crippen LogP contribution in [0, 0.1) is 0 Å². The second kappa shape index (κ2) is 14.7. The Kier molecular flexibility index (Phi) is 15.2. The first-order chi connectivity index (χ1) is 12.4. The van der Waals surface area contributed by atoms with Crippen LogP contribution >= 0.6 is 0 Å². The van der Waals surface area contributed by atoms with Gasteiger partial charge in [0.1, 0.15) is 0 Å². The van der Waals surface area contributed by atoms with E-state index in [2.05, 4.69) is 38.0 Å². The number of nitrogens with zero attached hydrogens (tertiary/aromatic N) is 4. The largest absolute Gasteiger partial charge is 1.00 e. The van der Waals surface area contributed by atoms with Crippen molar-refractivity contribution in [3.63, 3.8) is 0 Å². The number of unbranched alkanes of at least 4 members (excludes halogenated alkanes) is 7. The summed E-state index contributed by atoms with van der Waals surface area (Å²) >= 11 is 0. The van der Waals surface area contributed by atoms with Gasteiger partial charge in [0.15, 0.2) is 0 Å².